The third-order valence-corrected chi connectivity index (χ3v) is 3.81. The van der Waals surface area contributed by atoms with Crippen molar-refractivity contribution in [2.45, 2.75) is 43.7 Å². The third-order valence-electron chi connectivity index (χ3n) is 3.81. The molecule has 0 aromatic carbocycles. The zero-order valence-corrected chi connectivity index (χ0v) is 16.4. The third kappa shape index (κ3) is 11.5. The van der Waals surface area contributed by atoms with Gasteiger partial charge in [-0.2, -0.15) is 0 Å². The van der Waals surface area contributed by atoms with Gasteiger partial charge in [-0.25, -0.2) is 0 Å². The highest BCUT2D eigenvalue weighted by Gasteiger charge is 2.34. The summed E-state index contributed by atoms with van der Waals surface area (Å²) in [7, 11) is 0. The van der Waals surface area contributed by atoms with Gasteiger partial charge in [-0.1, -0.05) is 15.5 Å². The number of aliphatic hydroxyl groups is 3. The fraction of sp³-hybridized carbons (Fsp3) is 0.800. The molecule has 0 amide bonds. The summed E-state index contributed by atoms with van der Waals surface area (Å²) in [5.41, 5.74) is 16.0. The Kier molecular flexibility index (Phi) is 15.0. The lowest BCUT2D eigenvalue weighted by molar-refractivity contribution is -0.165. The van der Waals surface area contributed by atoms with Crippen LogP contribution in [-0.2, 0) is 14.2 Å². The average Bonchev–Trinajstić information content (AvgIpc) is 2.76. The minimum absolute atomic E-state index is 0.00829. The van der Waals surface area contributed by atoms with E-state index in [0.29, 0.717) is 0 Å². The lowest BCUT2D eigenvalue weighted by atomic mass is 10.0. The topological polar surface area (TPSA) is 264 Å². The van der Waals surface area contributed by atoms with Crippen LogP contribution in [0.3, 0.4) is 0 Å². The molecule has 0 saturated carbocycles. The number of nitrogens with two attached hydrogens (primary N) is 3. The van der Waals surface area contributed by atoms with Crippen LogP contribution in [-0.4, -0.2) is 106 Å². The first kappa shape index (κ1) is 27.6. The van der Waals surface area contributed by atoms with Crippen molar-refractivity contribution in [3.05, 3.63) is 0 Å². The second kappa shape index (κ2) is 16.4. The van der Waals surface area contributed by atoms with Gasteiger partial charge in [-0.3, -0.25) is 0 Å². The maximum Gasteiger partial charge on any atom is 0.141 e. The molecule has 15 nitrogen and oxygen atoms in total. The highest BCUT2D eigenvalue weighted by molar-refractivity contribution is 5.80. The second-order valence-corrected chi connectivity index (χ2v) is 6.08. The van der Waals surface area contributed by atoms with E-state index in [1.54, 1.807) is 0 Å². The predicted octanol–water partition coefficient (Wildman–Crippen LogP) is -3.10. The van der Waals surface area contributed by atoms with Crippen LogP contribution in [0.1, 0.15) is 19.3 Å². The molecule has 4 atom stereocenters. The average molecular weight is 440 g/mol. The Labute approximate surface area is 173 Å². The Morgan fingerprint density at radius 1 is 0.767 bits per heavy atom. The molecule has 0 aliphatic carbocycles. The molecule has 15 heteroatoms. The van der Waals surface area contributed by atoms with E-state index in [2.05, 4.69) is 15.5 Å². The Bertz CT molecular complexity index is 549. The molecule has 0 aliphatic rings. The van der Waals surface area contributed by atoms with Gasteiger partial charge in [0.25, 0.3) is 0 Å². The van der Waals surface area contributed by atoms with Crippen LogP contribution in [0.15, 0.2) is 15.5 Å². The summed E-state index contributed by atoms with van der Waals surface area (Å²) >= 11 is 0. The minimum atomic E-state index is -1.55. The molecular weight excluding hydrogens is 408 g/mol. The van der Waals surface area contributed by atoms with Gasteiger partial charge in [0.2, 0.25) is 0 Å². The molecule has 0 spiro atoms. The summed E-state index contributed by atoms with van der Waals surface area (Å²) in [5.74, 6) is -0.284. The maximum absolute atomic E-state index is 10.5. The summed E-state index contributed by atoms with van der Waals surface area (Å²) in [4.78, 5) is 0. The van der Waals surface area contributed by atoms with E-state index in [4.69, 9.17) is 47.0 Å². The first-order valence-electron chi connectivity index (χ1n) is 8.97. The number of oxime groups is 3. The normalized spacial score (nSPS) is 17.5. The number of rotatable bonds is 17. The lowest BCUT2D eigenvalue weighted by Crippen LogP contribution is -2.50. The molecule has 0 saturated heterocycles. The van der Waals surface area contributed by atoms with Crippen LogP contribution in [0.4, 0.5) is 0 Å². The van der Waals surface area contributed by atoms with Gasteiger partial charge < -0.3 is 62.4 Å². The molecule has 0 radical (unpaired) electrons. The molecule has 0 aromatic heterocycles. The molecule has 30 heavy (non-hydrogen) atoms. The van der Waals surface area contributed by atoms with Crippen molar-refractivity contribution in [1.29, 1.82) is 0 Å². The molecule has 0 aromatic rings. The first-order chi connectivity index (χ1) is 14.3. The molecule has 0 fully saturated rings. The van der Waals surface area contributed by atoms with Crippen LogP contribution in [0.2, 0.25) is 0 Å². The predicted molar refractivity (Wildman–Crippen MR) is 103 cm³/mol. The standard InChI is InChI=1S/C15H32N6O9/c16-11(19-25)1-4-28-8-9(23)14(24)15(30-6-3-13(18)21-27)10(7-22)29-5-2-12(17)20-26/h9-10,14-15,22-27H,1-8H2,(H2,16,19)(H2,17,20)(H2,18,21). The van der Waals surface area contributed by atoms with Crippen molar-refractivity contribution in [1.82, 2.24) is 0 Å². The highest BCUT2D eigenvalue weighted by atomic mass is 16.6. The zero-order chi connectivity index (χ0) is 22.9. The van der Waals surface area contributed by atoms with E-state index in [0.717, 1.165) is 0 Å². The van der Waals surface area contributed by atoms with E-state index in [9.17, 15) is 15.3 Å². The molecule has 12 N–H and O–H groups in total. The number of hydrogen-bond acceptors (Lipinski definition) is 12. The summed E-state index contributed by atoms with van der Waals surface area (Å²) in [6, 6.07) is 0. The summed E-state index contributed by atoms with van der Waals surface area (Å²) in [5, 5.41) is 64.2. The number of aliphatic hydroxyl groups excluding tert-OH is 3. The van der Waals surface area contributed by atoms with Crippen LogP contribution in [0.5, 0.6) is 0 Å². The first-order valence-corrected chi connectivity index (χ1v) is 8.97. The number of amidine groups is 3. The van der Waals surface area contributed by atoms with E-state index >= 15 is 0 Å². The van der Waals surface area contributed by atoms with E-state index in [-0.39, 0.29) is 63.2 Å². The Morgan fingerprint density at radius 2 is 1.23 bits per heavy atom. The van der Waals surface area contributed by atoms with Gasteiger partial charge in [0.05, 0.1) is 33.0 Å². The van der Waals surface area contributed by atoms with Crippen molar-refractivity contribution >= 4 is 17.5 Å². The van der Waals surface area contributed by atoms with Gasteiger partial charge in [-0.05, 0) is 0 Å². The Hall–Kier alpha value is -2.43. The van der Waals surface area contributed by atoms with Gasteiger partial charge in [0, 0.05) is 19.3 Å². The monoisotopic (exact) mass is 440 g/mol. The van der Waals surface area contributed by atoms with Crippen molar-refractivity contribution in [2.75, 3.05) is 33.0 Å². The molecule has 0 aliphatic heterocycles. The van der Waals surface area contributed by atoms with Crippen LogP contribution < -0.4 is 17.2 Å². The molecular formula is C15H32N6O9. The zero-order valence-electron chi connectivity index (χ0n) is 16.4. The smallest absolute Gasteiger partial charge is 0.141 e. The second-order valence-electron chi connectivity index (χ2n) is 6.08. The van der Waals surface area contributed by atoms with E-state index in [1.165, 1.54) is 0 Å². The van der Waals surface area contributed by atoms with Crippen molar-refractivity contribution in [3.63, 3.8) is 0 Å². The Morgan fingerprint density at radius 3 is 1.70 bits per heavy atom. The highest BCUT2D eigenvalue weighted by Crippen LogP contribution is 2.14. The summed E-state index contributed by atoms with van der Waals surface area (Å²) < 4.78 is 16.1. The quantitative estimate of drug-likeness (QED) is 0.0358. The van der Waals surface area contributed by atoms with Gasteiger partial charge in [0.15, 0.2) is 0 Å². The fourth-order valence-electron chi connectivity index (χ4n) is 2.14. The molecule has 0 heterocycles. The van der Waals surface area contributed by atoms with Crippen LogP contribution in [0.25, 0.3) is 0 Å². The minimum Gasteiger partial charge on any atom is -0.409 e. The number of hydrogen-bond donors (Lipinski definition) is 9. The SMILES string of the molecule is NC(CCOCC(O)C(O)C(OCCC(N)=NO)C(CO)OCCC(N)=NO)=NO. The number of ether oxygens (including phenoxy) is 3. The largest absolute Gasteiger partial charge is 0.409 e. The Balaban J connectivity index is 4.95. The molecule has 0 bridgehead atoms. The van der Waals surface area contributed by atoms with Crippen LogP contribution >= 0.6 is 0 Å². The van der Waals surface area contributed by atoms with Gasteiger partial charge in [0.1, 0.15) is 41.9 Å². The van der Waals surface area contributed by atoms with Crippen molar-refractivity contribution in [2.24, 2.45) is 32.7 Å². The number of nitrogens with zero attached hydrogens (tertiary/aromatic N) is 3. The molecule has 176 valence electrons. The molecule has 4 unspecified atom stereocenters. The fourth-order valence-corrected chi connectivity index (χ4v) is 2.14. The lowest BCUT2D eigenvalue weighted by Gasteiger charge is -2.32. The van der Waals surface area contributed by atoms with Gasteiger partial charge >= 0.3 is 0 Å². The van der Waals surface area contributed by atoms with E-state index in [1.807, 2.05) is 0 Å². The summed E-state index contributed by atoms with van der Waals surface area (Å²) in [6.07, 6.45) is -5.15. The molecule has 0 rings (SSSR count). The van der Waals surface area contributed by atoms with E-state index < -0.39 is 31.0 Å². The van der Waals surface area contributed by atoms with Crippen molar-refractivity contribution < 1.29 is 45.2 Å². The van der Waals surface area contributed by atoms with Crippen LogP contribution in [0, 0.1) is 0 Å². The summed E-state index contributed by atoms with van der Waals surface area (Å²) in [6.45, 7) is -1.07. The van der Waals surface area contributed by atoms with Crippen molar-refractivity contribution in [3.8, 4) is 0 Å². The maximum atomic E-state index is 10.5. The van der Waals surface area contributed by atoms with Gasteiger partial charge in [-0.15, -0.1) is 0 Å².